The van der Waals surface area contributed by atoms with Gasteiger partial charge in [0, 0.05) is 30.1 Å². The first-order valence-corrected chi connectivity index (χ1v) is 10.5. The van der Waals surface area contributed by atoms with Crippen molar-refractivity contribution in [3.63, 3.8) is 0 Å². The Morgan fingerprint density at radius 2 is 1.97 bits per heavy atom. The number of hydrogen-bond donors (Lipinski definition) is 2. The van der Waals surface area contributed by atoms with Gasteiger partial charge in [-0.1, -0.05) is 12.1 Å². The molecule has 3 rings (SSSR count). The van der Waals surface area contributed by atoms with Crippen molar-refractivity contribution in [2.45, 2.75) is 42.4 Å². The molecule has 2 aromatic rings. The summed E-state index contributed by atoms with van der Waals surface area (Å²) in [5, 5.41) is 14.1. The molecule has 1 saturated carbocycles. The molecule has 1 aliphatic carbocycles. The maximum absolute atomic E-state index is 13.8. The predicted octanol–water partition coefficient (Wildman–Crippen LogP) is 3.28. The van der Waals surface area contributed by atoms with Crippen molar-refractivity contribution in [2.75, 3.05) is 5.75 Å². The largest absolute Gasteiger partial charge is 0.407 e. The number of nitrogens with zero attached hydrogens (tertiary/aromatic N) is 3. The van der Waals surface area contributed by atoms with Crippen molar-refractivity contribution in [1.82, 2.24) is 20.6 Å². The lowest BCUT2D eigenvalue weighted by Crippen LogP contribution is -2.52. The van der Waals surface area contributed by atoms with Crippen molar-refractivity contribution in [3.05, 3.63) is 59.9 Å². The van der Waals surface area contributed by atoms with E-state index >= 15 is 0 Å². The van der Waals surface area contributed by atoms with Crippen LogP contribution in [0.4, 0.5) is 17.6 Å². The Balaban J connectivity index is 1.76. The van der Waals surface area contributed by atoms with E-state index in [1.807, 2.05) is 6.07 Å². The summed E-state index contributed by atoms with van der Waals surface area (Å²) in [4.78, 5) is 20.8. The van der Waals surface area contributed by atoms with Gasteiger partial charge >= 0.3 is 6.18 Å². The number of thioether (sulfide) groups is 1. The SMILES string of the molecule is N#CC1(NC(=O)[C@H](CSCc2cnccn2)N[C@H](c2ccc(F)cc2)C(F)(F)F)CC1. The molecule has 1 amide bonds. The topological polar surface area (TPSA) is 90.7 Å². The van der Waals surface area contributed by atoms with Crippen molar-refractivity contribution >= 4 is 17.7 Å². The first-order chi connectivity index (χ1) is 14.7. The average molecular weight is 453 g/mol. The lowest BCUT2D eigenvalue weighted by molar-refractivity contribution is -0.160. The van der Waals surface area contributed by atoms with Crippen LogP contribution in [0.25, 0.3) is 0 Å². The molecular weight excluding hydrogens is 434 g/mol. The number of halogens is 4. The van der Waals surface area contributed by atoms with Crippen LogP contribution in [0.5, 0.6) is 0 Å². The predicted molar refractivity (Wildman–Crippen MR) is 106 cm³/mol. The van der Waals surface area contributed by atoms with Gasteiger partial charge in [0.15, 0.2) is 0 Å². The van der Waals surface area contributed by atoms with Gasteiger partial charge in [-0.2, -0.15) is 30.2 Å². The van der Waals surface area contributed by atoms with Crippen LogP contribution in [0.2, 0.25) is 0 Å². The Morgan fingerprint density at radius 3 is 2.52 bits per heavy atom. The highest BCUT2D eigenvalue weighted by atomic mass is 32.2. The third kappa shape index (κ3) is 6.38. The number of alkyl halides is 3. The number of hydrogen-bond acceptors (Lipinski definition) is 6. The van der Waals surface area contributed by atoms with Crippen LogP contribution in [0.1, 0.15) is 30.1 Å². The molecule has 6 nitrogen and oxygen atoms in total. The van der Waals surface area contributed by atoms with Crippen molar-refractivity contribution in [3.8, 4) is 6.07 Å². The second-order valence-corrected chi connectivity index (χ2v) is 8.17. The Labute approximate surface area is 180 Å². The molecule has 164 valence electrons. The average Bonchev–Trinajstić information content (AvgIpc) is 3.51. The number of carbonyl (C=O) groups is 1. The molecule has 0 radical (unpaired) electrons. The van der Waals surface area contributed by atoms with E-state index in [0.717, 1.165) is 24.3 Å². The zero-order valence-corrected chi connectivity index (χ0v) is 17.0. The summed E-state index contributed by atoms with van der Waals surface area (Å²) in [6, 6.07) is 2.49. The summed E-state index contributed by atoms with van der Waals surface area (Å²) >= 11 is 1.21. The summed E-state index contributed by atoms with van der Waals surface area (Å²) in [6.45, 7) is 0. The fraction of sp³-hybridized carbons (Fsp3) is 0.400. The maximum Gasteiger partial charge on any atom is 0.407 e. The third-order valence-corrected chi connectivity index (χ3v) is 5.76. The van der Waals surface area contributed by atoms with E-state index in [1.165, 1.54) is 30.4 Å². The van der Waals surface area contributed by atoms with Crippen molar-refractivity contribution < 1.29 is 22.4 Å². The summed E-state index contributed by atoms with van der Waals surface area (Å²) < 4.78 is 54.5. The summed E-state index contributed by atoms with van der Waals surface area (Å²) in [5.41, 5.74) is -0.615. The number of benzene rings is 1. The smallest absolute Gasteiger partial charge is 0.336 e. The van der Waals surface area contributed by atoms with Crippen LogP contribution < -0.4 is 10.6 Å². The van der Waals surface area contributed by atoms with E-state index in [9.17, 15) is 27.6 Å². The normalized spacial score (nSPS) is 16.7. The minimum atomic E-state index is -4.72. The summed E-state index contributed by atoms with van der Waals surface area (Å²) in [6.07, 6.45) is 0.709. The first-order valence-electron chi connectivity index (χ1n) is 9.36. The van der Waals surface area contributed by atoms with E-state index in [-0.39, 0.29) is 11.3 Å². The van der Waals surface area contributed by atoms with Gasteiger partial charge in [-0.25, -0.2) is 4.39 Å². The van der Waals surface area contributed by atoms with Gasteiger partial charge < -0.3 is 5.32 Å². The molecule has 1 heterocycles. The standard InChI is InChI=1S/C20H19F4N5OS/c21-14-3-1-13(2-4-14)17(20(22,23)24)28-16(18(30)29-19(12-25)5-6-19)11-31-10-15-9-26-7-8-27-15/h1-4,7-9,16-17,28H,5-6,10-11H2,(H,29,30)/t16-,17+/m0/s1. The monoisotopic (exact) mass is 453 g/mol. The Bertz CT molecular complexity index is 929. The molecule has 11 heteroatoms. The zero-order chi connectivity index (χ0) is 22.5. The Morgan fingerprint density at radius 1 is 1.26 bits per heavy atom. The molecule has 0 spiro atoms. The quantitative estimate of drug-likeness (QED) is 0.567. The highest BCUT2D eigenvalue weighted by Gasteiger charge is 2.47. The molecule has 1 aliphatic rings. The van der Waals surface area contributed by atoms with E-state index in [1.54, 1.807) is 0 Å². The molecule has 0 saturated heterocycles. The van der Waals surface area contributed by atoms with Crippen molar-refractivity contribution in [1.29, 1.82) is 5.26 Å². The van der Waals surface area contributed by atoms with Crippen LogP contribution in [-0.2, 0) is 10.5 Å². The molecule has 0 aliphatic heterocycles. The van der Waals surface area contributed by atoms with Crippen LogP contribution in [0, 0.1) is 17.1 Å². The van der Waals surface area contributed by atoms with Gasteiger partial charge in [0.05, 0.1) is 17.8 Å². The minimum Gasteiger partial charge on any atom is -0.336 e. The molecule has 31 heavy (non-hydrogen) atoms. The van der Waals surface area contributed by atoms with E-state index in [4.69, 9.17) is 0 Å². The fourth-order valence-corrected chi connectivity index (χ4v) is 3.79. The molecule has 1 fully saturated rings. The molecule has 2 N–H and O–H groups in total. The van der Waals surface area contributed by atoms with Crippen LogP contribution in [0.3, 0.4) is 0 Å². The van der Waals surface area contributed by atoms with Crippen LogP contribution in [-0.4, -0.2) is 39.4 Å². The van der Waals surface area contributed by atoms with E-state index < -0.39 is 35.5 Å². The van der Waals surface area contributed by atoms with E-state index in [2.05, 4.69) is 20.6 Å². The molecule has 0 unspecified atom stereocenters. The zero-order valence-electron chi connectivity index (χ0n) is 16.2. The third-order valence-electron chi connectivity index (χ3n) is 4.69. The summed E-state index contributed by atoms with van der Waals surface area (Å²) in [5.74, 6) is -1.02. The Hall–Kier alpha value is -2.71. The number of rotatable bonds is 9. The number of nitriles is 1. The van der Waals surface area contributed by atoms with Gasteiger partial charge in [0.25, 0.3) is 0 Å². The van der Waals surface area contributed by atoms with Crippen LogP contribution in [0.15, 0.2) is 42.9 Å². The molecule has 1 aromatic carbocycles. The maximum atomic E-state index is 13.8. The minimum absolute atomic E-state index is 0.00229. The number of amides is 1. The Kier molecular flexibility index (Phi) is 7.12. The number of aromatic nitrogens is 2. The van der Waals surface area contributed by atoms with Gasteiger partial charge in [0.1, 0.15) is 17.4 Å². The first kappa shape index (κ1) is 23.0. The van der Waals surface area contributed by atoms with Gasteiger partial charge in [0.2, 0.25) is 5.91 Å². The van der Waals surface area contributed by atoms with Gasteiger partial charge in [-0.15, -0.1) is 0 Å². The van der Waals surface area contributed by atoms with E-state index in [0.29, 0.717) is 24.3 Å². The molecule has 1 aromatic heterocycles. The number of carbonyl (C=O) groups excluding carboxylic acids is 1. The lowest BCUT2D eigenvalue weighted by Gasteiger charge is -2.28. The lowest BCUT2D eigenvalue weighted by atomic mass is 10.0. The van der Waals surface area contributed by atoms with Gasteiger partial charge in [-0.3, -0.25) is 20.1 Å². The fourth-order valence-electron chi connectivity index (χ4n) is 2.83. The molecular formula is C20H19F4N5OS. The highest BCUT2D eigenvalue weighted by Crippen LogP contribution is 2.36. The summed E-state index contributed by atoms with van der Waals surface area (Å²) in [7, 11) is 0. The second kappa shape index (κ2) is 9.62. The molecule has 0 bridgehead atoms. The number of nitrogens with one attached hydrogen (secondary N) is 2. The molecule has 2 atom stereocenters. The van der Waals surface area contributed by atoms with Gasteiger partial charge in [-0.05, 0) is 30.5 Å². The highest BCUT2D eigenvalue weighted by molar-refractivity contribution is 7.98. The van der Waals surface area contributed by atoms with Crippen LogP contribution >= 0.6 is 11.8 Å². The van der Waals surface area contributed by atoms with Crippen molar-refractivity contribution in [2.24, 2.45) is 0 Å². The second-order valence-electron chi connectivity index (χ2n) is 7.14.